The van der Waals surface area contributed by atoms with Gasteiger partial charge >= 0.3 is 22.4 Å². The van der Waals surface area contributed by atoms with Gasteiger partial charge in [0.1, 0.15) is 0 Å². The molecule has 0 fully saturated rings. The molecule has 0 unspecified atom stereocenters. The minimum atomic E-state index is 0. The van der Waals surface area contributed by atoms with Crippen LogP contribution in [-0.2, 0) is 22.9 Å². The molecule has 0 saturated heterocycles. The molecule has 3 heteroatoms. The summed E-state index contributed by atoms with van der Waals surface area (Å²) in [6.45, 7) is 21.3. The van der Waals surface area contributed by atoms with E-state index in [-0.39, 0.29) is 16.5 Å². The third-order valence-electron chi connectivity index (χ3n) is 19.4. The fourth-order valence-corrected chi connectivity index (χ4v) is 13.4. The van der Waals surface area contributed by atoms with E-state index in [4.69, 9.17) is 0 Å². The van der Waals surface area contributed by atoms with Crippen molar-refractivity contribution in [2.75, 3.05) is 0 Å². The van der Waals surface area contributed by atoms with Crippen molar-refractivity contribution in [2.45, 2.75) is 452 Å². The summed E-state index contributed by atoms with van der Waals surface area (Å²) in [6.07, 6.45) is 93.4. The van der Waals surface area contributed by atoms with Gasteiger partial charge in [0.25, 0.3) is 0 Å². The summed E-state index contributed by atoms with van der Waals surface area (Å²) < 4.78 is 0. The third kappa shape index (κ3) is 62.8. The second-order valence-electron chi connectivity index (χ2n) is 28.5. The summed E-state index contributed by atoms with van der Waals surface area (Å²) in [6, 6.07) is 17.7. The molecule has 0 aliphatic heterocycles. The van der Waals surface area contributed by atoms with Gasteiger partial charge in [-0.05, 0) is 79.7 Å². The molecule has 0 N–H and O–H groups in total. The van der Waals surface area contributed by atoms with E-state index in [0.717, 1.165) is 69.8 Å². The van der Waals surface area contributed by atoms with Crippen LogP contribution in [0.15, 0.2) is 71.8 Å². The molecule has 540 valence electrons. The summed E-state index contributed by atoms with van der Waals surface area (Å²) in [5.74, 6) is 3.02. The number of rotatable bonds is 66. The molecule has 0 atom stereocenters. The number of allylic oxidation sites excluding steroid dienone is 4. The van der Waals surface area contributed by atoms with Crippen LogP contribution in [0, 0.1) is 20.8 Å². The van der Waals surface area contributed by atoms with Crippen LogP contribution in [0.2, 0.25) is 0 Å². The first kappa shape index (κ1) is 92.6. The van der Waals surface area contributed by atoms with Gasteiger partial charge in [-0.2, -0.15) is 12.8 Å². The third-order valence-corrected chi connectivity index (χ3v) is 19.4. The van der Waals surface area contributed by atoms with Gasteiger partial charge in [-0.15, -0.1) is 4.79 Å². The number of hydrogen-bond acceptors (Lipinski definition) is 0. The molecule has 0 spiro atoms. The van der Waals surface area contributed by atoms with Crippen LogP contribution in [0.4, 0.5) is 0 Å². The number of unbranched alkanes of at least 4 members (excludes halogenated alkanes) is 55. The minimum absolute atomic E-state index is 0. The fourth-order valence-electron chi connectivity index (χ4n) is 13.4. The molecule has 0 amide bonds. The van der Waals surface area contributed by atoms with E-state index < -0.39 is 0 Å². The smallest absolute Gasteiger partial charge is 0.348 e. The average Bonchev–Trinajstić information content (AvgIpc) is 0.907. The Bertz CT molecular complexity index is 1840. The molecule has 2 aromatic carbocycles. The molecule has 0 bridgehead atoms. The minimum Gasteiger partial charge on any atom is -0.348 e. The van der Waals surface area contributed by atoms with Crippen molar-refractivity contribution in [3.05, 3.63) is 113 Å². The SMILES string of the molecule is CCCC=CCCc1ccccc1C(=C(CCCC)C(=C=[N+]=[N-])CCCCCC)c1cccc(C)c1.[CH2-]CCCCCCCCCCCCCCCCCCCCCCCCCCC.[CH2-]CCCCCCCCCCCCCCCCCCCCCCCCCCC.[Ni+2]. The van der Waals surface area contributed by atoms with E-state index in [1.165, 1.54) is 380 Å². The van der Waals surface area contributed by atoms with Crippen molar-refractivity contribution < 1.29 is 21.3 Å². The second-order valence-corrected chi connectivity index (χ2v) is 28.5. The maximum atomic E-state index is 9.59. The molecule has 0 aliphatic carbocycles. The van der Waals surface area contributed by atoms with Gasteiger partial charge in [0.2, 0.25) is 0 Å². The Morgan fingerprint density at radius 2 is 0.688 bits per heavy atom. The van der Waals surface area contributed by atoms with Gasteiger partial charge in [0.15, 0.2) is 0 Å². The normalized spacial score (nSPS) is 11.4. The summed E-state index contributed by atoms with van der Waals surface area (Å²) in [5.41, 5.74) is 18.4. The van der Waals surface area contributed by atoms with Crippen LogP contribution >= 0.6 is 0 Å². The van der Waals surface area contributed by atoms with Crippen molar-refractivity contribution in [3.63, 3.8) is 0 Å². The van der Waals surface area contributed by atoms with Crippen LogP contribution in [0.3, 0.4) is 0 Å². The predicted molar refractivity (Wildman–Crippen MR) is 419 cm³/mol. The van der Waals surface area contributed by atoms with Crippen LogP contribution < -0.4 is 0 Å². The molecule has 0 aromatic heterocycles. The van der Waals surface area contributed by atoms with Gasteiger partial charge in [-0.25, -0.2) is 0 Å². The van der Waals surface area contributed by atoms with E-state index >= 15 is 0 Å². The van der Waals surface area contributed by atoms with Crippen molar-refractivity contribution in [3.8, 4) is 0 Å². The maximum Gasteiger partial charge on any atom is 2.00 e. The Morgan fingerprint density at radius 3 is 1.01 bits per heavy atom. The Hall–Kier alpha value is -2.43. The summed E-state index contributed by atoms with van der Waals surface area (Å²) in [7, 11) is 0. The molecule has 93 heavy (non-hydrogen) atoms. The van der Waals surface area contributed by atoms with Crippen LogP contribution in [0.25, 0.3) is 11.1 Å². The Labute approximate surface area is 595 Å². The zero-order valence-corrected chi connectivity index (χ0v) is 64.6. The van der Waals surface area contributed by atoms with E-state index in [1.54, 1.807) is 0 Å². The molecule has 0 heterocycles. The van der Waals surface area contributed by atoms with Gasteiger partial charge < -0.3 is 19.4 Å². The topological polar surface area (TPSA) is 36.4 Å². The molecule has 2 nitrogen and oxygen atoms in total. The molecule has 0 saturated carbocycles. The van der Waals surface area contributed by atoms with Crippen LogP contribution in [0.1, 0.15) is 461 Å². The molecule has 2 aromatic rings. The first-order valence-corrected chi connectivity index (χ1v) is 41.6. The predicted octanol–water partition coefficient (Wildman–Crippen LogP) is 32.0. The first-order chi connectivity index (χ1) is 45.5. The van der Waals surface area contributed by atoms with Gasteiger partial charge in [0.05, 0.1) is 5.57 Å². The Morgan fingerprint density at radius 1 is 0.366 bits per heavy atom. The molecule has 0 radical (unpaired) electrons. The summed E-state index contributed by atoms with van der Waals surface area (Å²) in [5, 5.41) is 0. The molecular weight excluding hydrogens is 1170 g/mol. The average molecular weight is 1330 g/mol. The zero-order valence-electron chi connectivity index (χ0n) is 63.7. The van der Waals surface area contributed by atoms with Crippen molar-refractivity contribution in [2.24, 2.45) is 0 Å². The molecule has 2 rings (SSSR count). The van der Waals surface area contributed by atoms with Crippen molar-refractivity contribution in [1.29, 1.82) is 0 Å². The number of nitrogens with zero attached hydrogens (tertiary/aromatic N) is 2. The standard InChI is InChI=1S/C34H46N2.2C28H57.Ni/c1-5-8-11-13-15-20-29-21-16-17-25-32(29)34(30-23-18-19-28(4)26-30)33(24-10-7-3)31(27-36-35)22-14-12-9-6-2;2*1-3-5-7-9-11-13-15-17-19-21-23-25-27-28-26-24-22-20-18-16-14-12-10-8-6-4-2;/h11,13,16-19,21,23,25-26H,5-10,12,14-15,20,22,24H2,1-4H3;2*1,3-28H2,2H3;/q;2*-1;+2. The van der Waals surface area contributed by atoms with Gasteiger partial charge in [-0.1, -0.05) is 454 Å². The summed E-state index contributed by atoms with van der Waals surface area (Å²) >= 11 is 0. The largest absolute Gasteiger partial charge is 2.00 e. The summed E-state index contributed by atoms with van der Waals surface area (Å²) in [4.78, 5) is 3.42. The van der Waals surface area contributed by atoms with Crippen molar-refractivity contribution >= 4 is 11.4 Å². The number of benzene rings is 2. The van der Waals surface area contributed by atoms with Crippen LogP contribution in [0.5, 0.6) is 0 Å². The van der Waals surface area contributed by atoms with E-state index in [9.17, 15) is 5.53 Å². The van der Waals surface area contributed by atoms with E-state index in [2.05, 4.69) is 127 Å². The molecule has 0 aliphatic rings. The van der Waals surface area contributed by atoms with Crippen molar-refractivity contribution in [1.82, 2.24) is 0 Å². The Kier molecular flexibility index (Phi) is 78.3. The Balaban J connectivity index is 0. The first-order valence-electron chi connectivity index (χ1n) is 41.6. The van der Waals surface area contributed by atoms with E-state index in [1.807, 2.05) is 0 Å². The van der Waals surface area contributed by atoms with Gasteiger partial charge in [0, 0.05) is 0 Å². The number of hydrogen-bond donors (Lipinski definition) is 0. The second kappa shape index (κ2) is 78.6. The van der Waals surface area contributed by atoms with Crippen LogP contribution in [-0.4, -0.2) is 10.7 Å². The molecular formula is C90H160N2Ni. The van der Waals surface area contributed by atoms with Gasteiger partial charge in [-0.3, -0.25) is 0 Å². The zero-order chi connectivity index (χ0) is 66.8. The van der Waals surface area contributed by atoms with E-state index in [0.29, 0.717) is 0 Å². The number of aryl methyl sites for hydroxylation is 2. The monoisotopic (exact) mass is 1330 g/mol. The maximum absolute atomic E-state index is 9.59. The quantitative estimate of drug-likeness (QED) is 0.00925. The fraction of sp³-hybridized carbons (Fsp3) is 0.778.